The lowest BCUT2D eigenvalue weighted by atomic mass is 10.1. The molecule has 16 heavy (non-hydrogen) atoms. The molecule has 0 radical (unpaired) electrons. The minimum absolute atomic E-state index is 0.417. The van der Waals surface area contributed by atoms with E-state index in [0.29, 0.717) is 10.4 Å². The van der Waals surface area contributed by atoms with Crippen molar-refractivity contribution < 1.29 is 0 Å². The summed E-state index contributed by atoms with van der Waals surface area (Å²) in [5.74, 6) is 0.743. The van der Waals surface area contributed by atoms with Gasteiger partial charge in [-0.15, -0.1) is 0 Å². The highest BCUT2D eigenvalue weighted by Gasteiger charge is 2.44. The summed E-state index contributed by atoms with van der Waals surface area (Å²) in [7, 11) is 0. The fraction of sp³-hybridized carbons (Fsp3) is 0.500. The number of nitrogens with zero attached hydrogens (tertiary/aromatic N) is 1. The lowest BCUT2D eigenvalue weighted by molar-refractivity contribution is 0.573. The van der Waals surface area contributed by atoms with Gasteiger partial charge in [0.15, 0.2) is 0 Å². The molecule has 3 nitrogen and oxygen atoms in total. The van der Waals surface area contributed by atoms with Crippen LogP contribution in [0.4, 0.5) is 5.69 Å². The van der Waals surface area contributed by atoms with Crippen molar-refractivity contribution in [3.05, 3.63) is 24.0 Å². The number of pyridine rings is 1. The molecule has 1 atom stereocenters. The first kappa shape index (κ1) is 11.3. The lowest BCUT2D eigenvalue weighted by Gasteiger charge is -2.11. The zero-order valence-electron chi connectivity index (χ0n) is 9.66. The first-order chi connectivity index (χ1) is 7.50. The molecule has 1 aliphatic rings. The van der Waals surface area contributed by atoms with Crippen LogP contribution >= 0.6 is 12.2 Å². The van der Waals surface area contributed by atoms with Gasteiger partial charge in [0.1, 0.15) is 4.99 Å². The number of hydrogen-bond acceptors (Lipinski definition) is 3. The van der Waals surface area contributed by atoms with Gasteiger partial charge in [0, 0.05) is 18.3 Å². The second-order valence-electron chi connectivity index (χ2n) is 5.06. The van der Waals surface area contributed by atoms with E-state index in [1.807, 2.05) is 6.07 Å². The maximum absolute atomic E-state index is 5.65. The quantitative estimate of drug-likeness (QED) is 0.785. The van der Waals surface area contributed by atoms with E-state index >= 15 is 0 Å². The van der Waals surface area contributed by atoms with Crippen molar-refractivity contribution in [3.63, 3.8) is 0 Å². The summed E-state index contributed by atoms with van der Waals surface area (Å²) in [4.78, 5) is 4.50. The van der Waals surface area contributed by atoms with Crippen LogP contribution in [-0.2, 0) is 0 Å². The first-order valence-corrected chi connectivity index (χ1v) is 5.89. The number of aromatic nitrogens is 1. The van der Waals surface area contributed by atoms with Gasteiger partial charge in [-0.05, 0) is 23.8 Å². The van der Waals surface area contributed by atoms with Crippen LogP contribution in [0.5, 0.6) is 0 Å². The molecule has 0 aliphatic heterocycles. The third-order valence-electron chi connectivity index (χ3n) is 3.34. The zero-order valence-corrected chi connectivity index (χ0v) is 10.5. The van der Waals surface area contributed by atoms with Crippen molar-refractivity contribution in [1.29, 1.82) is 0 Å². The van der Waals surface area contributed by atoms with Gasteiger partial charge in [0.2, 0.25) is 0 Å². The Morgan fingerprint density at radius 2 is 2.38 bits per heavy atom. The van der Waals surface area contributed by atoms with Crippen molar-refractivity contribution in [3.8, 4) is 0 Å². The second-order valence-corrected chi connectivity index (χ2v) is 5.50. The van der Waals surface area contributed by atoms with Crippen LogP contribution in [0.3, 0.4) is 0 Å². The summed E-state index contributed by atoms with van der Waals surface area (Å²) in [6.07, 6.45) is 4.77. The molecule has 1 saturated carbocycles. The van der Waals surface area contributed by atoms with Gasteiger partial charge in [-0.2, -0.15) is 0 Å². The Labute approximate surface area is 101 Å². The van der Waals surface area contributed by atoms with Crippen molar-refractivity contribution in [1.82, 2.24) is 4.98 Å². The normalized spacial score (nSPS) is 21.5. The van der Waals surface area contributed by atoms with Crippen molar-refractivity contribution in [2.45, 2.75) is 20.3 Å². The average molecular weight is 235 g/mol. The third-order valence-corrected chi connectivity index (χ3v) is 3.56. The predicted octanol–water partition coefficient (Wildman–Crippen LogP) is 2.17. The lowest BCUT2D eigenvalue weighted by Crippen LogP contribution is -2.15. The molecule has 0 bridgehead atoms. The topological polar surface area (TPSA) is 50.9 Å². The number of hydrogen-bond donors (Lipinski definition) is 2. The van der Waals surface area contributed by atoms with Crippen LogP contribution in [-0.4, -0.2) is 16.5 Å². The summed E-state index contributed by atoms with van der Waals surface area (Å²) in [6, 6.07) is 1.85. The van der Waals surface area contributed by atoms with E-state index < -0.39 is 0 Å². The second kappa shape index (κ2) is 4.01. The highest BCUT2D eigenvalue weighted by Crippen LogP contribution is 2.51. The van der Waals surface area contributed by atoms with Crippen LogP contribution in [0.15, 0.2) is 18.5 Å². The highest BCUT2D eigenvalue weighted by molar-refractivity contribution is 7.80. The maximum Gasteiger partial charge on any atom is 0.106 e. The van der Waals surface area contributed by atoms with Gasteiger partial charge in [-0.25, -0.2) is 0 Å². The van der Waals surface area contributed by atoms with Crippen LogP contribution in [0, 0.1) is 11.3 Å². The molecule has 3 N–H and O–H groups in total. The van der Waals surface area contributed by atoms with E-state index in [4.69, 9.17) is 18.0 Å². The van der Waals surface area contributed by atoms with Gasteiger partial charge in [0.05, 0.1) is 11.9 Å². The van der Waals surface area contributed by atoms with E-state index in [-0.39, 0.29) is 0 Å². The Hall–Kier alpha value is -1.16. The Morgan fingerprint density at radius 3 is 2.94 bits per heavy atom. The Morgan fingerprint density at radius 1 is 1.69 bits per heavy atom. The number of anilines is 1. The van der Waals surface area contributed by atoms with Crippen LogP contribution in [0.25, 0.3) is 0 Å². The molecule has 1 heterocycles. The molecule has 1 aliphatic carbocycles. The monoisotopic (exact) mass is 235 g/mol. The molecular weight excluding hydrogens is 218 g/mol. The van der Waals surface area contributed by atoms with Crippen molar-refractivity contribution in [2.75, 3.05) is 11.9 Å². The van der Waals surface area contributed by atoms with E-state index in [0.717, 1.165) is 23.7 Å². The molecule has 0 aromatic carbocycles. The average Bonchev–Trinajstić information content (AvgIpc) is 2.84. The van der Waals surface area contributed by atoms with Gasteiger partial charge >= 0.3 is 0 Å². The summed E-state index contributed by atoms with van der Waals surface area (Å²) in [5, 5.41) is 3.38. The molecule has 1 fully saturated rings. The number of nitrogens with two attached hydrogens (primary N) is 1. The highest BCUT2D eigenvalue weighted by atomic mass is 32.1. The fourth-order valence-corrected chi connectivity index (χ4v) is 2.09. The van der Waals surface area contributed by atoms with Crippen LogP contribution in [0.2, 0.25) is 0 Å². The Balaban J connectivity index is 2.02. The first-order valence-electron chi connectivity index (χ1n) is 5.48. The molecule has 1 unspecified atom stereocenters. The summed E-state index contributed by atoms with van der Waals surface area (Å²) < 4.78 is 0. The summed E-state index contributed by atoms with van der Waals surface area (Å²) >= 11 is 5.00. The molecular formula is C12H17N3S. The zero-order chi connectivity index (χ0) is 11.8. The smallest absolute Gasteiger partial charge is 0.106 e. The molecule has 1 aromatic rings. The Kier molecular flexibility index (Phi) is 2.84. The van der Waals surface area contributed by atoms with Gasteiger partial charge < -0.3 is 11.1 Å². The van der Waals surface area contributed by atoms with E-state index in [9.17, 15) is 0 Å². The van der Waals surface area contributed by atoms with E-state index in [2.05, 4.69) is 24.1 Å². The molecule has 0 saturated heterocycles. The molecule has 86 valence electrons. The van der Waals surface area contributed by atoms with E-state index in [1.54, 1.807) is 12.4 Å². The van der Waals surface area contributed by atoms with Gasteiger partial charge in [-0.1, -0.05) is 26.1 Å². The molecule has 2 rings (SSSR count). The number of thiocarbonyl (C=S) groups is 1. The standard InChI is InChI=1S/C12H17N3S/c1-12(2)5-8(12)6-15-10-7-14-4-3-9(10)11(13)16/h3-4,7-8,15H,5-6H2,1-2H3,(H2,13,16). The van der Waals surface area contributed by atoms with Crippen LogP contribution in [0.1, 0.15) is 25.8 Å². The molecule has 0 amide bonds. The molecule has 1 aromatic heterocycles. The molecule has 0 spiro atoms. The fourth-order valence-electron chi connectivity index (χ4n) is 1.91. The van der Waals surface area contributed by atoms with Gasteiger partial charge in [0.25, 0.3) is 0 Å². The molecule has 4 heteroatoms. The largest absolute Gasteiger partial charge is 0.389 e. The van der Waals surface area contributed by atoms with Gasteiger partial charge in [-0.3, -0.25) is 4.98 Å². The Bertz CT molecular complexity index is 414. The maximum atomic E-state index is 5.65. The third kappa shape index (κ3) is 2.32. The SMILES string of the molecule is CC1(C)CC1CNc1cnccc1C(N)=S. The minimum atomic E-state index is 0.417. The minimum Gasteiger partial charge on any atom is -0.389 e. The van der Waals surface area contributed by atoms with Crippen LogP contribution < -0.4 is 11.1 Å². The van der Waals surface area contributed by atoms with Crippen molar-refractivity contribution in [2.24, 2.45) is 17.1 Å². The number of nitrogens with one attached hydrogen (secondary N) is 1. The van der Waals surface area contributed by atoms with E-state index in [1.165, 1.54) is 6.42 Å². The van der Waals surface area contributed by atoms with Crippen molar-refractivity contribution >= 4 is 22.9 Å². The summed E-state index contributed by atoms with van der Waals surface area (Å²) in [5.41, 5.74) is 7.96. The number of rotatable bonds is 4. The summed E-state index contributed by atoms with van der Waals surface area (Å²) in [6.45, 7) is 5.54. The predicted molar refractivity (Wildman–Crippen MR) is 70.5 cm³/mol.